The summed E-state index contributed by atoms with van der Waals surface area (Å²) in [7, 11) is 0. The molecule has 1 atom stereocenters. The molecule has 1 rings (SSSR count). The largest absolute Gasteiger partial charge is 0.356 e. The fourth-order valence-electron chi connectivity index (χ4n) is 1.76. The van der Waals surface area contributed by atoms with Gasteiger partial charge in [-0.05, 0) is 25.7 Å². The van der Waals surface area contributed by atoms with E-state index in [-0.39, 0.29) is 6.04 Å². The molecule has 1 unspecified atom stereocenters. The van der Waals surface area contributed by atoms with Gasteiger partial charge in [-0.25, -0.2) is 0 Å². The van der Waals surface area contributed by atoms with Crippen molar-refractivity contribution in [3.8, 4) is 0 Å². The van der Waals surface area contributed by atoms with Crippen molar-refractivity contribution in [1.29, 1.82) is 0 Å². The second-order valence-electron chi connectivity index (χ2n) is 3.29. The van der Waals surface area contributed by atoms with E-state index in [0.29, 0.717) is 5.92 Å². The minimum absolute atomic E-state index is 0.132. The summed E-state index contributed by atoms with van der Waals surface area (Å²) < 4.78 is 0. The van der Waals surface area contributed by atoms with Crippen molar-refractivity contribution in [1.82, 2.24) is 5.32 Å². The number of rotatable bonds is 3. The number of carbonyl (C=O) groups is 1. The fraction of sp³-hybridized carbons (Fsp3) is 0.778. The van der Waals surface area contributed by atoms with Crippen molar-refractivity contribution < 1.29 is 4.79 Å². The standard InChI is InChI=1S/C9H16NO/c1-8(10-7-11)9-5-3-2-4-6-9/h7-9H,1-6H2,(H,10,11). The van der Waals surface area contributed by atoms with Crippen molar-refractivity contribution >= 4 is 6.41 Å². The van der Waals surface area contributed by atoms with Crippen molar-refractivity contribution in [3.63, 3.8) is 0 Å². The van der Waals surface area contributed by atoms with Crippen molar-refractivity contribution in [2.75, 3.05) is 0 Å². The molecule has 63 valence electrons. The third-order valence-corrected chi connectivity index (χ3v) is 2.50. The van der Waals surface area contributed by atoms with Gasteiger partial charge in [-0.3, -0.25) is 4.79 Å². The Balaban J connectivity index is 2.26. The van der Waals surface area contributed by atoms with E-state index >= 15 is 0 Å². The molecular formula is C9H16NO. The highest BCUT2D eigenvalue weighted by atomic mass is 16.1. The SMILES string of the molecule is [CH2]C(NC=O)C1CCCCC1. The zero-order valence-electron chi connectivity index (χ0n) is 6.88. The van der Waals surface area contributed by atoms with Crippen LogP contribution in [0.3, 0.4) is 0 Å². The topological polar surface area (TPSA) is 29.1 Å². The van der Waals surface area contributed by atoms with Gasteiger partial charge >= 0.3 is 0 Å². The first-order valence-corrected chi connectivity index (χ1v) is 4.37. The van der Waals surface area contributed by atoms with Crippen LogP contribution in [0.15, 0.2) is 0 Å². The third-order valence-electron chi connectivity index (χ3n) is 2.50. The molecule has 0 spiro atoms. The lowest BCUT2D eigenvalue weighted by atomic mass is 9.85. The van der Waals surface area contributed by atoms with Gasteiger partial charge in [0.05, 0.1) is 0 Å². The first kappa shape index (κ1) is 8.57. The number of hydrogen-bond acceptors (Lipinski definition) is 1. The molecule has 2 nitrogen and oxygen atoms in total. The Morgan fingerprint density at radius 3 is 2.55 bits per heavy atom. The lowest BCUT2D eigenvalue weighted by Gasteiger charge is -2.26. The van der Waals surface area contributed by atoms with Gasteiger partial charge in [0.15, 0.2) is 0 Å². The summed E-state index contributed by atoms with van der Waals surface area (Å²) in [5.74, 6) is 0.619. The molecule has 1 amide bonds. The molecule has 0 aromatic rings. The maximum Gasteiger partial charge on any atom is 0.207 e. The van der Waals surface area contributed by atoms with Crippen LogP contribution in [0.2, 0.25) is 0 Å². The zero-order chi connectivity index (χ0) is 8.10. The summed E-state index contributed by atoms with van der Waals surface area (Å²) >= 11 is 0. The second-order valence-corrected chi connectivity index (χ2v) is 3.29. The molecule has 1 saturated carbocycles. The van der Waals surface area contributed by atoms with Crippen molar-refractivity contribution in [2.45, 2.75) is 38.1 Å². The summed E-state index contributed by atoms with van der Waals surface area (Å²) in [5.41, 5.74) is 0. The van der Waals surface area contributed by atoms with Crippen molar-refractivity contribution in [3.05, 3.63) is 6.92 Å². The third kappa shape index (κ3) is 2.52. The molecule has 0 heterocycles. The quantitative estimate of drug-likeness (QED) is 0.613. The predicted molar refractivity (Wildman–Crippen MR) is 44.9 cm³/mol. The fourth-order valence-corrected chi connectivity index (χ4v) is 1.76. The summed E-state index contributed by atoms with van der Waals surface area (Å²) in [4.78, 5) is 10.1. The Labute approximate surface area is 68.4 Å². The van der Waals surface area contributed by atoms with Crippen LogP contribution in [-0.2, 0) is 4.79 Å². The van der Waals surface area contributed by atoms with Crippen LogP contribution in [0.4, 0.5) is 0 Å². The van der Waals surface area contributed by atoms with Crippen LogP contribution in [-0.4, -0.2) is 12.5 Å². The van der Waals surface area contributed by atoms with Crippen molar-refractivity contribution in [2.24, 2.45) is 5.92 Å². The summed E-state index contributed by atoms with van der Waals surface area (Å²) in [6.45, 7) is 3.91. The monoisotopic (exact) mass is 154 g/mol. The average Bonchev–Trinajstić information content (AvgIpc) is 2.07. The molecule has 1 radical (unpaired) electrons. The van der Waals surface area contributed by atoms with E-state index in [4.69, 9.17) is 0 Å². The van der Waals surface area contributed by atoms with E-state index in [9.17, 15) is 4.79 Å². The molecule has 1 aliphatic rings. The summed E-state index contributed by atoms with van der Waals surface area (Å²) in [5, 5.41) is 2.72. The van der Waals surface area contributed by atoms with Crippen LogP contribution in [0, 0.1) is 12.8 Å². The van der Waals surface area contributed by atoms with Gasteiger partial charge in [0.2, 0.25) is 6.41 Å². The van der Waals surface area contributed by atoms with E-state index in [0.717, 1.165) is 6.41 Å². The average molecular weight is 154 g/mol. The van der Waals surface area contributed by atoms with Gasteiger partial charge in [-0.1, -0.05) is 19.3 Å². The van der Waals surface area contributed by atoms with E-state index in [1.54, 1.807) is 0 Å². The van der Waals surface area contributed by atoms with E-state index in [1.165, 1.54) is 32.1 Å². The Morgan fingerprint density at radius 1 is 1.36 bits per heavy atom. The number of carbonyl (C=O) groups excluding carboxylic acids is 1. The molecule has 1 N–H and O–H groups in total. The highest BCUT2D eigenvalue weighted by Crippen LogP contribution is 2.25. The minimum Gasteiger partial charge on any atom is -0.356 e. The van der Waals surface area contributed by atoms with Gasteiger partial charge in [0.1, 0.15) is 0 Å². The molecule has 2 heteroatoms. The molecule has 11 heavy (non-hydrogen) atoms. The summed E-state index contributed by atoms with van der Waals surface area (Å²) in [6, 6.07) is 0.132. The maximum absolute atomic E-state index is 10.1. The molecule has 0 aromatic carbocycles. The van der Waals surface area contributed by atoms with Gasteiger partial charge in [-0.2, -0.15) is 0 Å². The highest BCUT2D eigenvalue weighted by Gasteiger charge is 2.18. The highest BCUT2D eigenvalue weighted by molar-refractivity contribution is 5.46. The first-order valence-electron chi connectivity index (χ1n) is 4.37. The normalized spacial score (nSPS) is 22.6. The smallest absolute Gasteiger partial charge is 0.207 e. The van der Waals surface area contributed by atoms with Crippen LogP contribution in [0.5, 0.6) is 0 Å². The molecule has 0 aromatic heterocycles. The Bertz CT molecular complexity index is 119. The van der Waals surface area contributed by atoms with E-state index in [1.807, 2.05) is 0 Å². The van der Waals surface area contributed by atoms with Gasteiger partial charge in [0.25, 0.3) is 0 Å². The zero-order valence-corrected chi connectivity index (χ0v) is 6.88. The summed E-state index contributed by atoms with van der Waals surface area (Å²) in [6.07, 6.45) is 7.18. The lowest BCUT2D eigenvalue weighted by molar-refractivity contribution is -0.110. The number of hydrogen-bond donors (Lipinski definition) is 1. The number of amides is 1. The van der Waals surface area contributed by atoms with E-state index in [2.05, 4.69) is 12.2 Å². The molecule has 0 aliphatic heterocycles. The van der Waals surface area contributed by atoms with Crippen LogP contribution < -0.4 is 5.32 Å². The Kier molecular flexibility index (Phi) is 3.40. The van der Waals surface area contributed by atoms with Crippen LogP contribution in [0.1, 0.15) is 32.1 Å². The Morgan fingerprint density at radius 2 is 2.00 bits per heavy atom. The second kappa shape index (κ2) is 4.37. The number of nitrogens with one attached hydrogen (secondary N) is 1. The maximum atomic E-state index is 10.1. The van der Waals surface area contributed by atoms with Gasteiger partial charge < -0.3 is 5.32 Å². The van der Waals surface area contributed by atoms with Crippen LogP contribution in [0.25, 0.3) is 0 Å². The molecule has 0 bridgehead atoms. The molecule has 1 aliphatic carbocycles. The molecular weight excluding hydrogens is 138 g/mol. The Hall–Kier alpha value is -0.530. The minimum atomic E-state index is 0.132. The predicted octanol–water partition coefficient (Wildman–Crippen LogP) is 1.52. The molecule has 0 saturated heterocycles. The molecule has 1 fully saturated rings. The van der Waals surface area contributed by atoms with Gasteiger partial charge in [0, 0.05) is 6.04 Å². The lowest BCUT2D eigenvalue weighted by Crippen LogP contribution is -2.33. The van der Waals surface area contributed by atoms with Crippen LogP contribution >= 0.6 is 0 Å². The van der Waals surface area contributed by atoms with Gasteiger partial charge in [-0.15, -0.1) is 0 Å². The first-order chi connectivity index (χ1) is 5.34. The van der Waals surface area contributed by atoms with E-state index < -0.39 is 0 Å².